The third-order valence-corrected chi connectivity index (χ3v) is 9.27. The molecule has 0 aliphatic heterocycles. The first-order valence-electron chi connectivity index (χ1n) is 17.5. The first-order chi connectivity index (χ1) is 25.0. The van der Waals surface area contributed by atoms with E-state index in [9.17, 15) is 29.1 Å². The number of ether oxygens (including phenoxy) is 2. The Balaban J connectivity index is 2.11. The minimum Gasteiger partial charge on any atom is -0.495 e. The highest BCUT2D eigenvalue weighted by Gasteiger charge is 2.35. The zero-order chi connectivity index (χ0) is 39.6. The molecule has 1 heterocycles. The van der Waals surface area contributed by atoms with Gasteiger partial charge in [-0.15, -0.1) is 0 Å². The highest BCUT2D eigenvalue weighted by molar-refractivity contribution is 8.13. The largest absolute Gasteiger partial charge is 0.495 e. The molecular weight excluding hydrogens is 720 g/mol. The SMILES string of the molecule is COc1ccc(CC(NC(=O)/C=C/C[C@H](O)[C@H](C)/C=C/c2ccncc2)C(=O)NCC(C)(C)C(=O)OC(CC(C)C)C(=O)SCCNC(C)=O)cc1Cl. The number of carbonyl (C=O) groups is 5. The van der Waals surface area contributed by atoms with Gasteiger partial charge < -0.3 is 30.5 Å². The van der Waals surface area contributed by atoms with E-state index in [0.717, 1.165) is 17.3 Å². The summed E-state index contributed by atoms with van der Waals surface area (Å²) in [4.78, 5) is 68.0. The van der Waals surface area contributed by atoms with Gasteiger partial charge in [-0.3, -0.25) is 29.0 Å². The van der Waals surface area contributed by atoms with Gasteiger partial charge in [-0.1, -0.05) is 68.4 Å². The molecule has 0 radical (unpaired) electrons. The number of hydrogen-bond acceptors (Lipinski definition) is 10. The van der Waals surface area contributed by atoms with Crippen LogP contribution in [0.4, 0.5) is 0 Å². The van der Waals surface area contributed by atoms with Gasteiger partial charge in [0, 0.05) is 50.5 Å². The fourth-order valence-electron chi connectivity index (χ4n) is 4.78. The van der Waals surface area contributed by atoms with Gasteiger partial charge in [-0.25, -0.2) is 0 Å². The third-order valence-electron chi connectivity index (χ3n) is 8.02. The van der Waals surface area contributed by atoms with Gasteiger partial charge in [0.2, 0.25) is 22.8 Å². The molecule has 2 unspecified atom stereocenters. The summed E-state index contributed by atoms with van der Waals surface area (Å²) >= 11 is 7.31. The van der Waals surface area contributed by atoms with E-state index in [-0.39, 0.29) is 42.2 Å². The lowest BCUT2D eigenvalue weighted by Gasteiger charge is -2.27. The van der Waals surface area contributed by atoms with Crippen LogP contribution in [0.2, 0.25) is 5.02 Å². The van der Waals surface area contributed by atoms with Crippen LogP contribution in [0, 0.1) is 17.3 Å². The molecule has 2 aromatic rings. The van der Waals surface area contributed by atoms with E-state index < -0.39 is 41.4 Å². The molecule has 0 fully saturated rings. The predicted molar refractivity (Wildman–Crippen MR) is 208 cm³/mol. The molecule has 3 amide bonds. The zero-order valence-electron chi connectivity index (χ0n) is 31.5. The average Bonchev–Trinajstić information content (AvgIpc) is 3.10. The Morgan fingerprint density at radius 2 is 1.75 bits per heavy atom. The van der Waals surface area contributed by atoms with Gasteiger partial charge in [0.05, 0.1) is 23.7 Å². The maximum atomic E-state index is 13.6. The standard InChI is InChI=1S/C39H53ClN4O8S/c1-25(2)21-34(37(49)53-20-19-42-27(4)45)52-38(50)39(5,6)24-43-36(48)31(23-29-13-14-33(51-7)30(40)22-29)44-35(47)10-8-9-32(46)26(3)11-12-28-15-17-41-18-16-28/h8,10-18,22,25-26,31-32,34,46H,9,19-21,23-24H2,1-7H3,(H,42,45)(H,43,48)(H,44,47)/b10-8+,12-11+/t26-,31?,32+,34?/m1/s1. The van der Waals surface area contributed by atoms with Crippen LogP contribution in [0.15, 0.2) is 61.0 Å². The number of hydrogen-bond donors (Lipinski definition) is 4. The van der Waals surface area contributed by atoms with Crippen molar-refractivity contribution in [3.05, 3.63) is 77.1 Å². The zero-order valence-corrected chi connectivity index (χ0v) is 33.1. The average molecular weight is 773 g/mol. The maximum Gasteiger partial charge on any atom is 0.314 e. The van der Waals surface area contributed by atoms with Crippen LogP contribution in [0.3, 0.4) is 0 Å². The Morgan fingerprint density at radius 1 is 1.06 bits per heavy atom. The van der Waals surface area contributed by atoms with Crippen molar-refractivity contribution >= 4 is 58.2 Å². The summed E-state index contributed by atoms with van der Waals surface area (Å²) in [7, 11) is 1.49. The molecule has 14 heteroatoms. The number of thioether (sulfide) groups is 1. The Labute approximate surface area is 321 Å². The number of halogens is 1. The molecule has 12 nitrogen and oxygen atoms in total. The van der Waals surface area contributed by atoms with E-state index >= 15 is 0 Å². The van der Waals surface area contributed by atoms with Crippen molar-refractivity contribution in [1.29, 1.82) is 0 Å². The Kier molecular flexibility index (Phi) is 19.3. The van der Waals surface area contributed by atoms with Gasteiger partial charge in [0.1, 0.15) is 11.8 Å². The summed E-state index contributed by atoms with van der Waals surface area (Å²) in [5, 5.41) is 18.7. The second-order valence-corrected chi connectivity index (χ2v) is 15.2. The van der Waals surface area contributed by atoms with Crippen molar-refractivity contribution in [2.75, 3.05) is 26.0 Å². The number of carbonyl (C=O) groups excluding carboxylic acids is 5. The summed E-state index contributed by atoms with van der Waals surface area (Å²) in [5.74, 6) is -1.35. The van der Waals surface area contributed by atoms with Gasteiger partial charge in [-0.2, -0.15) is 0 Å². The summed E-state index contributed by atoms with van der Waals surface area (Å²) in [5.41, 5.74) is 0.366. The van der Waals surface area contributed by atoms with Crippen LogP contribution < -0.4 is 20.7 Å². The van der Waals surface area contributed by atoms with Crippen molar-refractivity contribution in [2.24, 2.45) is 17.3 Å². The summed E-state index contributed by atoms with van der Waals surface area (Å²) < 4.78 is 10.9. The van der Waals surface area contributed by atoms with E-state index in [1.54, 1.807) is 50.5 Å². The molecule has 290 valence electrons. The molecule has 2 rings (SSSR count). The number of pyridine rings is 1. The van der Waals surface area contributed by atoms with Crippen LogP contribution in [-0.4, -0.2) is 83.1 Å². The van der Waals surface area contributed by atoms with Crippen molar-refractivity contribution in [3.8, 4) is 5.75 Å². The number of aliphatic hydroxyl groups excluding tert-OH is 1. The third kappa shape index (κ3) is 17.0. The normalized spacial score (nSPS) is 14.0. The van der Waals surface area contributed by atoms with Gasteiger partial charge in [-0.05, 0) is 74.1 Å². The van der Waals surface area contributed by atoms with Crippen molar-refractivity contribution < 1.29 is 38.6 Å². The molecule has 0 spiro atoms. The quantitative estimate of drug-likeness (QED) is 0.0775. The maximum absolute atomic E-state index is 13.6. The lowest BCUT2D eigenvalue weighted by Crippen LogP contribution is -2.51. The van der Waals surface area contributed by atoms with Gasteiger partial charge in [0.15, 0.2) is 6.10 Å². The second-order valence-electron chi connectivity index (χ2n) is 13.7. The smallest absolute Gasteiger partial charge is 0.314 e. The van der Waals surface area contributed by atoms with Crippen LogP contribution in [0.1, 0.15) is 65.5 Å². The van der Waals surface area contributed by atoms with Crippen LogP contribution in [-0.2, 0) is 35.1 Å². The fraction of sp³-hybridized carbons (Fsp3) is 0.487. The summed E-state index contributed by atoms with van der Waals surface area (Å²) in [6, 6.07) is 7.67. The molecule has 0 aliphatic carbocycles. The number of benzene rings is 1. The minimum atomic E-state index is -1.23. The monoisotopic (exact) mass is 772 g/mol. The first kappa shape index (κ1) is 45.0. The van der Waals surface area contributed by atoms with E-state index in [1.807, 2.05) is 45.1 Å². The molecule has 53 heavy (non-hydrogen) atoms. The number of nitrogens with zero attached hydrogens (tertiary/aromatic N) is 1. The molecule has 4 atom stereocenters. The lowest BCUT2D eigenvalue weighted by molar-refractivity contribution is -0.162. The number of methoxy groups -OCH3 is 1. The highest BCUT2D eigenvalue weighted by atomic mass is 35.5. The Hall–Kier alpha value is -4.20. The fourth-order valence-corrected chi connectivity index (χ4v) is 5.80. The van der Waals surface area contributed by atoms with E-state index in [4.69, 9.17) is 21.1 Å². The predicted octanol–water partition coefficient (Wildman–Crippen LogP) is 4.92. The first-order valence-corrected chi connectivity index (χ1v) is 18.8. The van der Waals surface area contributed by atoms with Crippen molar-refractivity contribution in [1.82, 2.24) is 20.9 Å². The van der Waals surface area contributed by atoms with E-state index in [2.05, 4.69) is 20.9 Å². The molecule has 0 saturated carbocycles. The van der Waals surface area contributed by atoms with Crippen molar-refractivity contribution in [3.63, 3.8) is 0 Å². The van der Waals surface area contributed by atoms with Crippen molar-refractivity contribution in [2.45, 2.75) is 79.1 Å². The lowest BCUT2D eigenvalue weighted by atomic mass is 9.93. The number of aromatic nitrogens is 1. The van der Waals surface area contributed by atoms with Crippen LogP contribution >= 0.6 is 23.4 Å². The number of rotatable bonds is 21. The molecule has 0 bridgehead atoms. The molecule has 1 aromatic heterocycles. The van der Waals surface area contributed by atoms with E-state index in [0.29, 0.717) is 35.1 Å². The van der Waals surface area contributed by atoms with Crippen LogP contribution in [0.25, 0.3) is 6.08 Å². The number of nitrogens with one attached hydrogen (secondary N) is 3. The second kappa shape index (κ2) is 22.8. The van der Waals surface area contributed by atoms with Gasteiger partial charge >= 0.3 is 5.97 Å². The minimum absolute atomic E-state index is 0.0569. The molecule has 4 N–H and O–H groups in total. The molecular formula is C39H53ClN4O8S. The number of esters is 1. The summed E-state index contributed by atoms with van der Waals surface area (Å²) in [6.07, 6.45) is 8.77. The molecule has 0 aliphatic rings. The van der Waals surface area contributed by atoms with E-state index in [1.165, 1.54) is 20.1 Å². The molecule has 1 aromatic carbocycles. The van der Waals surface area contributed by atoms with Gasteiger partial charge in [0.25, 0.3) is 0 Å². The highest BCUT2D eigenvalue weighted by Crippen LogP contribution is 2.26. The Bertz CT molecular complexity index is 1580. The van der Waals surface area contributed by atoms with Crippen LogP contribution in [0.5, 0.6) is 5.75 Å². The topological polar surface area (TPSA) is 173 Å². The number of aliphatic hydroxyl groups is 1. The Morgan fingerprint density at radius 3 is 2.38 bits per heavy atom. The summed E-state index contributed by atoms with van der Waals surface area (Å²) in [6.45, 7) is 10.4. The number of amides is 3. The molecule has 0 saturated heterocycles.